The summed E-state index contributed by atoms with van der Waals surface area (Å²) in [5, 5.41) is 9.95. The number of aliphatic hydroxyl groups is 1. The lowest BCUT2D eigenvalue weighted by Gasteiger charge is -2.11. The largest absolute Gasteiger partial charge is 0.490 e. The molecule has 0 aliphatic heterocycles. The summed E-state index contributed by atoms with van der Waals surface area (Å²) in [7, 11) is 0. The molecule has 2 aromatic carbocycles. The van der Waals surface area contributed by atoms with Gasteiger partial charge in [0.2, 0.25) is 0 Å². The Hall–Kier alpha value is -1.71. The molecule has 3 nitrogen and oxygen atoms in total. The summed E-state index contributed by atoms with van der Waals surface area (Å²) in [5.74, 6) is 1.40. The third-order valence-electron chi connectivity index (χ3n) is 2.79. The van der Waals surface area contributed by atoms with Crippen molar-refractivity contribution in [2.75, 3.05) is 13.2 Å². The van der Waals surface area contributed by atoms with Gasteiger partial charge in [0, 0.05) is 0 Å². The van der Waals surface area contributed by atoms with Gasteiger partial charge in [-0.2, -0.15) is 0 Å². The van der Waals surface area contributed by atoms with E-state index in [1.54, 1.807) is 25.1 Å². The second-order valence-corrected chi connectivity index (χ2v) is 4.78. The first kappa shape index (κ1) is 14.7. The van der Waals surface area contributed by atoms with E-state index in [4.69, 9.17) is 21.1 Å². The fourth-order valence-corrected chi connectivity index (χ4v) is 1.97. The standard InChI is InChI=1S/C16H17ClO3/c1-12(18)13-7-8-16(15(17)11-13)20-10-9-19-14-5-3-2-4-6-14/h2-8,11-12,18H,9-10H2,1H3/t12-/m0/s1. The summed E-state index contributed by atoms with van der Waals surface area (Å²) in [4.78, 5) is 0. The Bertz CT molecular complexity index is 541. The Labute approximate surface area is 123 Å². The minimum atomic E-state index is -0.539. The van der Waals surface area contributed by atoms with Gasteiger partial charge in [-0.3, -0.25) is 0 Å². The molecule has 0 aliphatic rings. The molecule has 1 N–H and O–H groups in total. The van der Waals surface area contributed by atoms with Crippen molar-refractivity contribution in [3.05, 3.63) is 59.1 Å². The van der Waals surface area contributed by atoms with Gasteiger partial charge >= 0.3 is 0 Å². The van der Waals surface area contributed by atoms with E-state index in [1.165, 1.54) is 0 Å². The number of aliphatic hydroxyl groups excluding tert-OH is 1. The second kappa shape index (κ2) is 7.17. The number of rotatable bonds is 6. The summed E-state index contributed by atoms with van der Waals surface area (Å²) in [5.41, 5.74) is 0.767. The summed E-state index contributed by atoms with van der Waals surface area (Å²) >= 11 is 6.09. The molecule has 20 heavy (non-hydrogen) atoms. The third kappa shape index (κ3) is 4.15. The van der Waals surface area contributed by atoms with Gasteiger partial charge in [0.15, 0.2) is 0 Å². The Morgan fingerprint density at radius 1 is 1.05 bits per heavy atom. The van der Waals surface area contributed by atoms with Crippen molar-refractivity contribution >= 4 is 11.6 Å². The van der Waals surface area contributed by atoms with E-state index < -0.39 is 6.10 Å². The van der Waals surface area contributed by atoms with Gasteiger partial charge < -0.3 is 14.6 Å². The summed E-state index contributed by atoms with van der Waals surface area (Å²) in [6.45, 7) is 2.54. The van der Waals surface area contributed by atoms with Gasteiger partial charge in [-0.15, -0.1) is 0 Å². The molecule has 0 spiro atoms. The van der Waals surface area contributed by atoms with Crippen LogP contribution < -0.4 is 9.47 Å². The number of para-hydroxylation sites is 1. The van der Waals surface area contributed by atoms with Crippen molar-refractivity contribution in [3.63, 3.8) is 0 Å². The van der Waals surface area contributed by atoms with Crippen molar-refractivity contribution in [3.8, 4) is 11.5 Å². The molecule has 2 aromatic rings. The average Bonchev–Trinajstić information content (AvgIpc) is 2.46. The highest BCUT2D eigenvalue weighted by Gasteiger charge is 2.06. The fourth-order valence-electron chi connectivity index (χ4n) is 1.72. The first-order valence-electron chi connectivity index (χ1n) is 6.45. The highest BCUT2D eigenvalue weighted by molar-refractivity contribution is 6.32. The van der Waals surface area contributed by atoms with Gasteiger partial charge in [-0.25, -0.2) is 0 Å². The molecule has 0 unspecified atom stereocenters. The van der Waals surface area contributed by atoms with Crippen LogP contribution in [0.2, 0.25) is 5.02 Å². The zero-order chi connectivity index (χ0) is 14.4. The molecule has 0 aliphatic carbocycles. The van der Waals surface area contributed by atoms with Gasteiger partial charge in [-0.05, 0) is 36.8 Å². The molecule has 0 saturated carbocycles. The van der Waals surface area contributed by atoms with E-state index in [0.717, 1.165) is 11.3 Å². The van der Waals surface area contributed by atoms with E-state index in [-0.39, 0.29) is 0 Å². The molecule has 0 saturated heterocycles. The molecule has 106 valence electrons. The van der Waals surface area contributed by atoms with E-state index in [0.29, 0.717) is 24.0 Å². The molecule has 1 atom stereocenters. The number of hydrogen-bond donors (Lipinski definition) is 1. The smallest absolute Gasteiger partial charge is 0.138 e. The Balaban J connectivity index is 1.82. The summed E-state index contributed by atoms with van der Waals surface area (Å²) < 4.78 is 11.1. The minimum Gasteiger partial charge on any atom is -0.490 e. The van der Waals surface area contributed by atoms with Crippen LogP contribution in [0.5, 0.6) is 11.5 Å². The number of ether oxygens (including phenoxy) is 2. The van der Waals surface area contributed by atoms with E-state index in [1.807, 2.05) is 30.3 Å². The highest BCUT2D eigenvalue weighted by Crippen LogP contribution is 2.27. The summed E-state index contributed by atoms with van der Waals surface area (Å²) in [6.07, 6.45) is -0.539. The monoisotopic (exact) mass is 292 g/mol. The van der Waals surface area contributed by atoms with Gasteiger partial charge in [0.1, 0.15) is 24.7 Å². The predicted octanol–water partition coefficient (Wildman–Crippen LogP) is 3.85. The fraction of sp³-hybridized carbons (Fsp3) is 0.250. The molecule has 0 amide bonds. The van der Waals surface area contributed by atoms with Crippen LogP contribution in [0.4, 0.5) is 0 Å². The minimum absolute atomic E-state index is 0.405. The SMILES string of the molecule is C[C@H](O)c1ccc(OCCOc2ccccc2)c(Cl)c1. The van der Waals surface area contributed by atoms with Crippen molar-refractivity contribution in [2.45, 2.75) is 13.0 Å². The Morgan fingerprint density at radius 2 is 1.75 bits per heavy atom. The van der Waals surface area contributed by atoms with Crippen LogP contribution in [0, 0.1) is 0 Å². The van der Waals surface area contributed by atoms with Crippen molar-refractivity contribution in [2.24, 2.45) is 0 Å². The molecule has 4 heteroatoms. The maximum Gasteiger partial charge on any atom is 0.138 e. The zero-order valence-corrected chi connectivity index (χ0v) is 12.0. The maximum atomic E-state index is 9.46. The Morgan fingerprint density at radius 3 is 2.40 bits per heavy atom. The number of halogens is 1. The number of hydrogen-bond acceptors (Lipinski definition) is 3. The normalized spacial score (nSPS) is 11.9. The van der Waals surface area contributed by atoms with Crippen molar-refractivity contribution < 1.29 is 14.6 Å². The zero-order valence-electron chi connectivity index (χ0n) is 11.3. The van der Waals surface area contributed by atoms with E-state index >= 15 is 0 Å². The summed E-state index contributed by atoms with van der Waals surface area (Å²) in [6, 6.07) is 14.8. The quantitative estimate of drug-likeness (QED) is 0.822. The third-order valence-corrected chi connectivity index (χ3v) is 3.09. The second-order valence-electron chi connectivity index (χ2n) is 4.38. The van der Waals surface area contributed by atoms with E-state index in [2.05, 4.69) is 0 Å². The Kier molecular flexibility index (Phi) is 5.27. The first-order valence-corrected chi connectivity index (χ1v) is 6.83. The van der Waals surface area contributed by atoms with Crippen LogP contribution in [0.1, 0.15) is 18.6 Å². The van der Waals surface area contributed by atoms with Crippen LogP contribution >= 0.6 is 11.6 Å². The molecular formula is C16H17ClO3. The molecule has 0 radical (unpaired) electrons. The highest BCUT2D eigenvalue weighted by atomic mass is 35.5. The lowest BCUT2D eigenvalue weighted by molar-refractivity contribution is 0.198. The van der Waals surface area contributed by atoms with Gasteiger partial charge in [-0.1, -0.05) is 35.9 Å². The molecule has 0 bridgehead atoms. The van der Waals surface area contributed by atoms with Crippen LogP contribution in [0.25, 0.3) is 0 Å². The van der Waals surface area contributed by atoms with Crippen LogP contribution in [0.3, 0.4) is 0 Å². The maximum absolute atomic E-state index is 9.46. The first-order chi connectivity index (χ1) is 9.66. The predicted molar refractivity (Wildman–Crippen MR) is 79.5 cm³/mol. The topological polar surface area (TPSA) is 38.7 Å². The molecule has 0 fully saturated rings. The van der Waals surface area contributed by atoms with Crippen LogP contribution in [-0.4, -0.2) is 18.3 Å². The average molecular weight is 293 g/mol. The van der Waals surface area contributed by atoms with Crippen LogP contribution in [0.15, 0.2) is 48.5 Å². The lowest BCUT2D eigenvalue weighted by atomic mass is 10.1. The molecule has 0 heterocycles. The van der Waals surface area contributed by atoms with Crippen LogP contribution in [-0.2, 0) is 0 Å². The molecule has 2 rings (SSSR count). The van der Waals surface area contributed by atoms with Crippen molar-refractivity contribution in [1.82, 2.24) is 0 Å². The lowest BCUT2D eigenvalue weighted by Crippen LogP contribution is -2.09. The molecule has 0 aromatic heterocycles. The van der Waals surface area contributed by atoms with Gasteiger partial charge in [0.05, 0.1) is 11.1 Å². The van der Waals surface area contributed by atoms with Crippen molar-refractivity contribution in [1.29, 1.82) is 0 Å². The van der Waals surface area contributed by atoms with E-state index in [9.17, 15) is 5.11 Å². The molecular weight excluding hydrogens is 276 g/mol. The van der Waals surface area contributed by atoms with Gasteiger partial charge in [0.25, 0.3) is 0 Å². The number of benzene rings is 2.